The molecule has 0 saturated carbocycles. The van der Waals surface area contributed by atoms with E-state index < -0.39 is 0 Å². The van der Waals surface area contributed by atoms with Crippen molar-refractivity contribution >= 4 is 39.2 Å². The molecule has 2 aromatic heterocycles. The second kappa shape index (κ2) is 6.65. The third-order valence-corrected chi connectivity index (χ3v) is 6.33. The Morgan fingerprint density at radius 3 is 2.78 bits per heavy atom. The van der Waals surface area contributed by atoms with Crippen molar-refractivity contribution in [2.24, 2.45) is 0 Å². The second-order valence-electron chi connectivity index (χ2n) is 5.91. The fourth-order valence-corrected chi connectivity index (χ4v) is 5.21. The van der Waals surface area contributed by atoms with Crippen molar-refractivity contribution in [3.05, 3.63) is 20.8 Å². The first-order chi connectivity index (χ1) is 11.0. The summed E-state index contributed by atoms with van der Waals surface area (Å²) in [5.74, 6) is 0.327. The van der Waals surface area contributed by atoms with Crippen LogP contribution in [0.4, 0.5) is 0 Å². The number of aryl methyl sites for hydroxylation is 2. The van der Waals surface area contributed by atoms with Gasteiger partial charge in [-0.3, -0.25) is 14.2 Å². The van der Waals surface area contributed by atoms with Crippen LogP contribution in [-0.4, -0.2) is 40.2 Å². The molecule has 0 N–H and O–H groups in total. The third-order valence-electron chi connectivity index (χ3n) is 4.18. The molecule has 0 aliphatic heterocycles. The van der Waals surface area contributed by atoms with Gasteiger partial charge in [0.05, 0.1) is 11.1 Å². The molecule has 0 radical (unpaired) electrons. The highest BCUT2D eigenvalue weighted by atomic mass is 32.2. The van der Waals surface area contributed by atoms with Crippen molar-refractivity contribution in [3.63, 3.8) is 0 Å². The fraction of sp³-hybridized carbons (Fsp3) is 0.562. The maximum absolute atomic E-state index is 12.9. The Balaban J connectivity index is 2.05. The van der Waals surface area contributed by atoms with Gasteiger partial charge in [0.15, 0.2) is 5.16 Å². The lowest BCUT2D eigenvalue weighted by Crippen LogP contribution is -2.26. The lowest BCUT2D eigenvalue weighted by molar-refractivity contribution is -0.125. The van der Waals surface area contributed by atoms with Crippen LogP contribution in [0, 0.1) is 0 Å². The minimum atomic E-state index is 0.0254. The molecule has 0 aromatic carbocycles. The Labute approximate surface area is 143 Å². The number of amides is 1. The number of nitrogens with zero attached hydrogens (tertiary/aromatic N) is 3. The van der Waals surface area contributed by atoms with Crippen molar-refractivity contribution in [3.8, 4) is 0 Å². The van der Waals surface area contributed by atoms with E-state index in [0.29, 0.717) is 17.5 Å². The van der Waals surface area contributed by atoms with Crippen LogP contribution in [0.1, 0.15) is 30.2 Å². The molecule has 1 aliphatic carbocycles. The van der Waals surface area contributed by atoms with Crippen LogP contribution in [-0.2, 0) is 24.2 Å². The molecule has 0 bridgehead atoms. The van der Waals surface area contributed by atoms with Gasteiger partial charge in [0.2, 0.25) is 5.91 Å². The smallest absolute Gasteiger partial charge is 0.263 e. The van der Waals surface area contributed by atoms with E-state index in [9.17, 15) is 9.59 Å². The van der Waals surface area contributed by atoms with E-state index in [1.807, 2.05) is 6.92 Å². The van der Waals surface area contributed by atoms with E-state index in [-0.39, 0.29) is 11.5 Å². The molecule has 1 aliphatic rings. The minimum absolute atomic E-state index is 0.0254. The van der Waals surface area contributed by atoms with E-state index in [1.165, 1.54) is 28.6 Å². The molecule has 0 saturated heterocycles. The van der Waals surface area contributed by atoms with Crippen LogP contribution < -0.4 is 5.56 Å². The molecule has 2 heterocycles. The number of hydrogen-bond acceptors (Lipinski definition) is 5. The molecule has 0 spiro atoms. The zero-order chi connectivity index (χ0) is 16.6. The van der Waals surface area contributed by atoms with E-state index in [1.54, 1.807) is 34.9 Å². The van der Waals surface area contributed by atoms with Gasteiger partial charge in [-0.1, -0.05) is 11.8 Å². The molecule has 0 atom stereocenters. The Morgan fingerprint density at radius 1 is 1.35 bits per heavy atom. The Hall–Kier alpha value is -1.34. The summed E-state index contributed by atoms with van der Waals surface area (Å²) < 4.78 is 1.71. The fourth-order valence-electron chi connectivity index (χ4n) is 2.86. The largest absolute Gasteiger partial charge is 0.348 e. The highest BCUT2D eigenvalue weighted by molar-refractivity contribution is 7.99. The predicted octanol–water partition coefficient (Wildman–Crippen LogP) is 2.54. The molecule has 23 heavy (non-hydrogen) atoms. The lowest BCUT2D eigenvalue weighted by atomic mass is 9.97. The van der Waals surface area contributed by atoms with Gasteiger partial charge >= 0.3 is 0 Å². The van der Waals surface area contributed by atoms with Gasteiger partial charge < -0.3 is 4.90 Å². The molecule has 0 fully saturated rings. The van der Waals surface area contributed by atoms with Gasteiger partial charge in [0, 0.05) is 25.5 Å². The topological polar surface area (TPSA) is 55.2 Å². The van der Waals surface area contributed by atoms with Gasteiger partial charge in [0.25, 0.3) is 5.56 Å². The van der Waals surface area contributed by atoms with Crippen LogP contribution in [0.5, 0.6) is 0 Å². The molecule has 0 unspecified atom stereocenters. The van der Waals surface area contributed by atoms with Gasteiger partial charge in [-0.2, -0.15) is 0 Å². The van der Waals surface area contributed by atoms with Gasteiger partial charge in [-0.15, -0.1) is 11.3 Å². The molecule has 3 rings (SSSR count). The first-order valence-electron chi connectivity index (χ1n) is 7.91. The summed E-state index contributed by atoms with van der Waals surface area (Å²) >= 11 is 3.00. The number of carbonyl (C=O) groups is 1. The summed E-state index contributed by atoms with van der Waals surface area (Å²) in [5.41, 5.74) is 1.27. The van der Waals surface area contributed by atoms with Crippen LogP contribution in [0.25, 0.3) is 10.2 Å². The molecular weight excluding hydrogens is 330 g/mol. The SMILES string of the molecule is CCn1c(SCC(=O)N(C)C)nc2sc3c(c2c1=O)CCCC3. The lowest BCUT2D eigenvalue weighted by Gasteiger charge is -2.13. The van der Waals surface area contributed by atoms with E-state index in [4.69, 9.17) is 4.98 Å². The number of fused-ring (bicyclic) bond motifs is 3. The maximum atomic E-state index is 12.9. The number of aromatic nitrogens is 2. The Bertz CT molecular complexity index is 808. The number of rotatable bonds is 4. The standard InChI is InChI=1S/C16H21N3O2S2/c1-4-19-15(21)13-10-7-5-6-8-11(10)23-14(13)17-16(19)22-9-12(20)18(2)3/h4-9H2,1-3H3. The molecule has 2 aromatic rings. The molecular formula is C16H21N3O2S2. The average Bonchev–Trinajstić information content (AvgIpc) is 2.90. The van der Waals surface area contributed by atoms with Crippen LogP contribution in [0.15, 0.2) is 9.95 Å². The summed E-state index contributed by atoms with van der Waals surface area (Å²) in [6.45, 7) is 2.52. The quantitative estimate of drug-likeness (QED) is 0.627. The molecule has 124 valence electrons. The van der Waals surface area contributed by atoms with Crippen molar-refractivity contribution in [2.75, 3.05) is 19.8 Å². The molecule has 1 amide bonds. The number of thioether (sulfide) groups is 1. The van der Waals surface area contributed by atoms with E-state index in [0.717, 1.165) is 29.5 Å². The Kier molecular flexibility index (Phi) is 4.77. The zero-order valence-electron chi connectivity index (χ0n) is 13.7. The van der Waals surface area contributed by atoms with Crippen LogP contribution in [0.2, 0.25) is 0 Å². The second-order valence-corrected chi connectivity index (χ2v) is 7.94. The molecule has 5 nitrogen and oxygen atoms in total. The monoisotopic (exact) mass is 351 g/mol. The van der Waals surface area contributed by atoms with E-state index >= 15 is 0 Å². The zero-order valence-corrected chi connectivity index (χ0v) is 15.4. The summed E-state index contributed by atoms with van der Waals surface area (Å²) in [6.07, 6.45) is 4.39. The maximum Gasteiger partial charge on any atom is 0.263 e. The first-order valence-corrected chi connectivity index (χ1v) is 9.71. The van der Waals surface area contributed by atoms with Crippen molar-refractivity contribution in [1.29, 1.82) is 0 Å². The van der Waals surface area contributed by atoms with Gasteiger partial charge in [-0.25, -0.2) is 4.98 Å². The summed E-state index contributed by atoms with van der Waals surface area (Å²) in [4.78, 5) is 33.2. The van der Waals surface area contributed by atoms with Crippen molar-refractivity contribution < 1.29 is 4.79 Å². The average molecular weight is 351 g/mol. The Morgan fingerprint density at radius 2 is 2.09 bits per heavy atom. The predicted molar refractivity (Wildman–Crippen MR) is 95.6 cm³/mol. The van der Waals surface area contributed by atoms with Crippen LogP contribution in [0.3, 0.4) is 0 Å². The molecule has 7 heteroatoms. The van der Waals surface area contributed by atoms with E-state index in [2.05, 4.69) is 0 Å². The summed E-state index contributed by atoms with van der Waals surface area (Å²) in [7, 11) is 3.47. The normalized spacial score (nSPS) is 14.0. The number of hydrogen-bond donors (Lipinski definition) is 0. The highest BCUT2D eigenvalue weighted by Gasteiger charge is 2.22. The van der Waals surface area contributed by atoms with Gasteiger partial charge in [-0.05, 0) is 38.2 Å². The first kappa shape index (κ1) is 16.5. The van der Waals surface area contributed by atoms with Crippen LogP contribution >= 0.6 is 23.1 Å². The summed E-state index contributed by atoms with van der Waals surface area (Å²) in [5, 5.41) is 1.47. The number of carbonyl (C=O) groups excluding carboxylic acids is 1. The summed E-state index contributed by atoms with van der Waals surface area (Å²) in [6, 6.07) is 0. The van der Waals surface area contributed by atoms with Gasteiger partial charge in [0.1, 0.15) is 4.83 Å². The highest BCUT2D eigenvalue weighted by Crippen LogP contribution is 2.34. The number of thiophene rings is 1. The van der Waals surface area contributed by atoms with Crippen molar-refractivity contribution in [1.82, 2.24) is 14.5 Å². The third kappa shape index (κ3) is 3.04. The van der Waals surface area contributed by atoms with Crippen molar-refractivity contribution in [2.45, 2.75) is 44.3 Å². The minimum Gasteiger partial charge on any atom is -0.348 e.